The molecule has 3 aromatic carbocycles. The molecule has 2 heterocycles. The third-order valence-corrected chi connectivity index (χ3v) is 9.46. The van der Waals surface area contributed by atoms with Gasteiger partial charge in [0.2, 0.25) is 0 Å². The number of benzene rings is 3. The van der Waals surface area contributed by atoms with Crippen LogP contribution in [0.1, 0.15) is 21.5 Å². The lowest BCUT2D eigenvalue weighted by Gasteiger charge is -2.34. The van der Waals surface area contributed by atoms with Gasteiger partial charge < -0.3 is 10.2 Å². The SMILES string of the molecule is Cc1ccc(C)c2sc(N3CCN(CCNC(=O)c4ccccc4NS(=O)(=O)c4ccc(F)cc4)CC3)nc12.Cl. The molecular formula is C28H31ClFN5O3S2. The summed E-state index contributed by atoms with van der Waals surface area (Å²) in [5.74, 6) is -0.900. The molecule has 12 heteroatoms. The summed E-state index contributed by atoms with van der Waals surface area (Å²) in [6.07, 6.45) is 0. The van der Waals surface area contributed by atoms with Gasteiger partial charge in [0.05, 0.1) is 26.4 Å². The largest absolute Gasteiger partial charge is 0.351 e. The van der Waals surface area contributed by atoms with Crippen molar-refractivity contribution in [3.05, 3.63) is 83.2 Å². The van der Waals surface area contributed by atoms with Crippen molar-refractivity contribution in [3.63, 3.8) is 0 Å². The maximum atomic E-state index is 13.2. The first-order valence-electron chi connectivity index (χ1n) is 12.7. The molecule has 5 rings (SSSR count). The highest BCUT2D eigenvalue weighted by Crippen LogP contribution is 2.33. The zero-order valence-corrected chi connectivity index (χ0v) is 24.6. The van der Waals surface area contributed by atoms with E-state index in [9.17, 15) is 17.6 Å². The van der Waals surface area contributed by atoms with E-state index in [2.05, 4.69) is 45.8 Å². The zero-order valence-electron chi connectivity index (χ0n) is 22.2. The Labute approximate surface area is 243 Å². The van der Waals surface area contributed by atoms with E-state index in [1.807, 2.05) is 0 Å². The van der Waals surface area contributed by atoms with Crippen LogP contribution in [-0.2, 0) is 10.0 Å². The number of carbonyl (C=O) groups excluding carboxylic acids is 1. The molecule has 4 aromatic rings. The Kier molecular flexibility index (Phi) is 9.29. The lowest BCUT2D eigenvalue weighted by atomic mass is 10.1. The molecule has 8 nitrogen and oxygen atoms in total. The number of nitrogens with one attached hydrogen (secondary N) is 2. The summed E-state index contributed by atoms with van der Waals surface area (Å²) in [4.78, 5) is 22.4. The Bertz CT molecular complexity index is 1570. The summed E-state index contributed by atoms with van der Waals surface area (Å²) in [5, 5.41) is 3.95. The van der Waals surface area contributed by atoms with Crippen molar-refractivity contribution in [2.24, 2.45) is 0 Å². The third-order valence-electron chi connectivity index (χ3n) is 6.83. The van der Waals surface area contributed by atoms with E-state index < -0.39 is 15.8 Å². The Morgan fingerprint density at radius 3 is 2.35 bits per heavy atom. The first-order valence-corrected chi connectivity index (χ1v) is 15.0. The molecule has 212 valence electrons. The quantitative estimate of drug-likeness (QED) is 0.300. The fraction of sp³-hybridized carbons (Fsp3) is 0.286. The van der Waals surface area contributed by atoms with Crippen LogP contribution >= 0.6 is 23.7 Å². The summed E-state index contributed by atoms with van der Waals surface area (Å²) in [7, 11) is -3.98. The predicted molar refractivity (Wildman–Crippen MR) is 161 cm³/mol. The first kappa shape index (κ1) is 29.7. The fourth-order valence-electron chi connectivity index (χ4n) is 4.56. The van der Waals surface area contributed by atoms with Gasteiger partial charge in [-0.25, -0.2) is 17.8 Å². The third kappa shape index (κ3) is 6.55. The Morgan fingerprint density at radius 1 is 0.975 bits per heavy atom. The van der Waals surface area contributed by atoms with Gasteiger partial charge >= 0.3 is 0 Å². The highest BCUT2D eigenvalue weighted by molar-refractivity contribution is 7.92. The number of rotatable bonds is 8. The number of halogens is 2. The number of fused-ring (bicyclic) bond motifs is 1. The number of para-hydroxylation sites is 1. The van der Waals surface area contributed by atoms with Gasteiger partial charge in [-0.1, -0.05) is 35.6 Å². The molecule has 1 aliphatic rings. The number of anilines is 2. The van der Waals surface area contributed by atoms with Gasteiger partial charge in [0.1, 0.15) is 5.82 Å². The lowest BCUT2D eigenvalue weighted by Crippen LogP contribution is -2.48. The number of thiazole rings is 1. The van der Waals surface area contributed by atoms with Gasteiger partial charge in [-0.15, -0.1) is 12.4 Å². The molecule has 40 heavy (non-hydrogen) atoms. The second kappa shape index (κ2) is 12.5. The van der Waals surface area contributed by atoms with Crippen LogP contribution < -0.4 is 14.9 Å². The highest BCUT2D eigenvalue weighted by atomic mass is 35.5. The van der Waals surface area contributed by atoms with Crippen molar-refractivity contribution in [1.82, 2.24) is 15.2 Å². The molecule has 0 saturated carbocycles. The molecule has 2 N–H and O–H groups in total. The fourth-order valence-corrected chi connectivity index (χ4v) is 6.80. The van der Waals surface area contributed by atoms with E-state index in [0.29, 0.717) is 13.1 Å². The monoisotopic (exact) mass is 603 g/mol. The first-order chi connectivity index (χ1) is 18.7. The molecule has 0 aliphatic carbocycles. The van der Waals surface area contributed by atoms with Crippen LogP contribution in [0.2, 0.25) is 0 Å². The van der Waals surface area contributed by atoms with Crippen LogP contribution in [0.3, 0.4) is 0 Å². The summed E-state index contributed by atoms with van der Waals surface area (Å²) in [5.41, 5.74) is 3.90. The molecular weight excluding hydrogens is 573 g/mol. The van der Waals surface area contributed by atoms with E-state index in [0.717, 1.165) is 49.0 Å². The van der Waals surface area contributed by atoms with Gasteiger partial charge in [-0.05, 0) is 61.4 Å². The molecule has 0 radical (unpaired) electrons. The minimum atomic E-state index is -3.98. The van der Waals surface area contributed by atoms with Gasteiger partial charge in [-0.2, -0.15) is 0 Å². The Balaban J connectivity index is 0.00000370. The average Bonchev–Trinajstić information content (AvgIpc) is 3.39. The average molecular weight is 604 g/mol. The van der Waals surface area contributed by atoms with E-state index in [1.165, 1.54) is 34.0 Å². The number of aromatic nitrogens is 1. The van der Waals surface area contributed by atoms with E-state index >= 15 is 0 Å². The smallest absolute Gasteiger partial charge is 0.261 e. The topological polar surface area (TPSA) is 94.6 Å². The van der Waals surface area contributed by atoms with Crippen LogP contribution in [0.5, 0.6) is 0 Å². The van der Waals surface area contributed by atoms with Crippen molar-refractivity contribution in [3.8, 4) is 0 Å². The van der Waals surface area contributed by atoms with Crippen molar-refractivity contribution in [1.29, 1.82) is 0 Å². The molecule has 1 aromatic heterocycles. The molecule has 1 fully saturated rings. The van der Waals surface area contributed by atoms with Gasteiger partial charge in [0.25, 0.3) is 15.9 Å². The number of carbonyl (C=O) groups is 1. The van der Waals surface area contributed by atoms with Gasteiger partial charge in [0.15, 0.2) is 5.13 Å². The maximum absolute atomic E-state index is 13.2. The minimum Gasteiger partial charge on any atom is -0.351 e. The molecule has 0 spiro atoms. The minimum absolute atomic E-state index is 0. The van der Waals surface area contributed by atoms with E-state index in [-0.39, 0.29) is 34.5 Å². The Hall–Kier alpha value is -3.25. The summed E-state index contributed by atoms with van der Waals surface area (Å²) in [6.45, 7) is 8.76. The van der Waals surface area contributed by atoms with Crippen LogP contribution in [0.15, 0.2) is 65.6 Å². The molecule has 0 bridgehead atoms. The standard InChI is InChI=1S/C28H30FN5O3S2.ClH/c1-19-7-8-20(2)26-25(19)31-28(38-26)34-17-15-33(16-18-34)14-13-30-27(35)23-5-3-4-6-24(23)32-39(36,37)22-11-9-21(29)10-12-22;/h3-12,32H,13-18H2,1-2H3,(H,30,35);1H. The van der Waals surface area contributed by atoms with Crippen LogP contribution in [0, 0.1) is 19.7 Å². The molecule has 0 unspecified atom stereocenters. The van der Waals surface area contributed by atoms with Crippen LogP contribution in [0.4, 0.5) is 15.2 Å². The highest BCUT2D eigenvalue weighted by Gasteiger charge is 2.22. The summed E-state index contributed by atoms with van der Waals surface area (Å²) in [6, 6.07) is 15.2. The molecule has 0 atom stereocenters. The number of amides is 1. The number of aryl methyl sites for hydroxylation is 2. The second-order valence-corrected chi connectivity index (χ2v) is 12.2. The van der Waals surface area contributed by atoms with Crippen LogP contribution in [-0.4, -0.2) is 63.5 Å². The van der Waals surface area contributed by atoms with Crippen molar-refractivity contribution in [2.45, 2.75) is 18.7 Å². The summed E-state index contributed by atoms with van der Waals surface area (Å²) < 4.78 is 42.4. The van der Waals surface area contributed by atoms with Crippen molar-refractivity contribution >= 4 is 60.7 Å². The zero-order chi connectivity index (χ0) is 27.6. The maximum Gasteiger partial charge on any atom is 0.261 e. The number of piperazine rings is 1. The van der Waals surface area contributed by atoms with Crippen LogP contribution in [0.25, 0.3) is 10.2 Å². The number of hydrogen-bond acceptors (Lipinski definition) is 7. The second-order valence-electron chi connectivity index (χ2n) is 9.56. The number of hydrogen-bond donors (Lipinski definition) is 2. The summed E-state index contributed by atoms with van der Waals surface area (Å²) >= 11 is 1.74. The Morgan fingerprint density at radius 2 is 1.65 bits per heavy atom. The number of nitrogens with zero attached hydrogens (tertiary/aromatic N) is 3. The lowest BCUT2D eigenvalue weighted by molar-refractivity contribution is 0.0948. The predicted octanol–water partition coefficient (Wildman–Crippen LogP) is 4.83. The van der Waals surface area contributed by atoms with Crippen molar-refractivity contribution in [2.75, 3.05) is 48.9 Å². The molecule has 1 amide bonds. The van der Waals surface area contributed by atoms with E-state index in [1.54, 1.807) is 29.5 Å². The number of sulfonamides is 1. The van der Waals surface area contributed by atoms with Gasteiger partial charge in [-0.3, -0.25) is 14.4 Å². The van der Waals surface area contributed by atoms with Crippen molar-refractivity contribution < 1.29 is 17.6 Å². The molecule has 1 aliphatic heterocycles. The normalized spacial score (nSPS) is 14.1. The molecule has 1 saturated heterocycles. The van der Waals surface area contributed by atoms with Gasteiger partial charge in [0, 0.05) is 39.3 Å². The van der Waals surface area contributed by atoms with E-state index in [4.69, 9.17) is 4.98 Å².